The van der Waals surface area contributed by atoms with Crippen LogP contribution in [0.25, 0.3) is 11.8 Å². The number of aryl methyl sites for hydroxylation is 2. The van der Waals surface area contributed by atoms with Crippen molar-refractivity contribution in [3.05, 3.63) is 106 Å². The average molecular weight is 651 g/mol. The fourth-order valence-corrected chi connectivity index (χ4v) is 6.91. The van der Waals surface area contributed by atoms with Gasteiger partial charge in [0.1, 0.15) is 0 Å². The second kappa shape index (κ2) is 11.8. The van der Waals surface area contributed by atoms with Gasteiger partial charge in [-0.15, -0.1) is 0 Å². The van der Waals surface area contributed by atoms with Crippen LogP contribution >= 0.6 is 27.3 Å². The van der Waals surface area contributed by atoms with Crippen LogP contribution in [0.4, 0.5) is 0 Å². The molecule has 0 bridgehead atoms. The average Bonchev–Trinajstić information content (AvgIpc) is 3.42. The molecule has 0 spiro atoms. The Kier molecular flexibility index (Phi) is 8.30. The van der Waals surface area contributed by atoms with Gasteiger partial charge in [0.2, 0.25) is 0 Å². The molecule has 0 fully saturated rings. The minimum Gasteiger partial charge on any atom is -0.493 e. The summed E-state index contributed by atoms with van der Waals surface area (Å²) in [5.74, 6) is 0.462. The maximum absolute atomic E-state index is 14.2. The summed E-state index contributed by atoms with van der Waals surface area (Å²) in [7, 11) is 3.10. The predicted molar refractivity (Wildman–Crippen MR) is 168 cm³/mol. The Morgan fingerprint density at radius 1 is 1.05 bits per heavy atom. The van der Waals surface area contributed by atoms with Crippen LogP contribution in [0.1, 0.15) is 48.0 Å². The number of carbonyl (C=O) groups is 1. The zero-order chi connectivity index (χ0) is 30.3. The standard InChI is InChI=1S/C32H32BrN3O5S/c1-8-41-31(38)28-19(4)34-32-36(29(28)23-15-25(39-6)26(40-7)16-24(23)33)30(37)27(42-32)14-21-13-18(3)35(20(21)5)22-11-9-17(2)10-12-22/h9-16,29H,8H2,1-7H3/b27-14-/t29-/m1/s1. The molecule has 3 heterocycles. The number of halogens is 1. The summed E-state index contributed by atoms with van der Waals surface area (Å²) >= 11 is 4.94. The second-order valence-corrected chi connectivity index (χ2v) is 11.9. The van der Waals surface area contributed by atoms with E-state index in [1.807, 2.05) is 13.0 Å². The number of hydrogen-bond donors (Lipinski definition) is 0. The fraction of sp³-hybridized carbons (Fsp3) is 0.281. The van der Waals surface area contributed by atoms with Crippen molar-refractivity contribution in [2.24, 2.45) is 4.99 Å². The van der Waals surface area contributed by atoms with E-state index in [0.717, 1.165) is 22.6 Å². The zero-order valence-electron chi connectivity index (χ0n) is 24.6. The van der Waals surface area contributed by atoms with Crippen LogP contribution in [0.15, 0.2) is 68.0 Å². The van der Waals surface area contributed by atoms with Crippen LogP contribution < -0.4 is 24.4 Å². The van der Waals surface area contributed by atoms with E-state index in [1.54, 1.807) is 44.8 Å². The number of ether oxygens (including phenoxy) is 3. The second-order valence-electron chi connectivity index (χ2n) is 10.0. The Morgan fingerprint density at radius 2 is 1.71 bits per heavy atom. The maximum atomic E-state index is 14.2. The first-order chi connectivity index (χ1) is 20.1. The molecule has 0 radical (unpaired) electrons. The number of fused-ring (bicyclic) bond motifs is 1. The Labute approximate surface area is 256 Å². The normalized spacial score (nSPS) is 15.0. The number of methoxy groups -OCH3 is 2. The van der Waals surface area contributed by atoms with E-state index in [4.69, 9.17) is 19.2 Å². The monoisotopic (exact) mass is 649 g/mol. The first-order valence-corrected chi connectivity index (χ1v) is 15.1. The molecule has 1 atom stereocenters. The molecule has 0 aliphatic carbocycles. The molecule has 5 rings (SSSR count). The van der Waals surface area contributed by atoms with Crippen LogP contribution in [-0.4, -0.2) is 35.9 Å². The Morgan fingerprint density at radius 3 is 2.36 bits per heavy atom. The number of nitrogens with zero attached hydrogens (tertiary/aromatic N) is 3. The summed E-state index contributed by atoms with van der Waals surface area (Å²) in [6.07, 6.45) is 1.90. The molecule has 10 heteroatoms. The van der Waals surface area contributed by atoms with Gasteiger partial charge in [-0.2, -0.15) is 0 Å². The van der Waals surface area contributed by atoms with Crippen molar-refractivity contribution >= 4 is 39.3 Å². The van der Waals surface area contributed by atoms with E-state index in [9.17, 15) is 9.59 Å². The lowest BCUT2D eigenvalue weighted by atomic mass is 9.95. The molecule has 1 aliphatic rings. The lowest BCUT2D eigenvalue weighted by Gasteiger charge is -2.26. The molecular formula is C32H32BrN3O5S. The quantitative estimate of drug-likeness (QED) is 0.254. The van der Waals surface area contributed by atoms with E-state index in [1.165, 1.54) is 16.9 Å². The molecule has 4 aromatic rings. The number of carbonyl (C=O) groups excluding carboxylic acids is 1. The molecule has 2 aromatic heterocycles. The molecule has 0 saturated heterocycles. The largest absolute Gasteiger partial charge is 0.493 e. The molecule has 0 unspecified atom stereocenters. The van der Waals surface area contributed by atoms with Crippen LogP contribution in [-0.2, 0) is 9.53 Å². The number of esters is 1. The summed E-state index contributed by atoms with van der Waals surface area (Å²) < 4.78 is 21.4. The SMILES string of the molecule is CCOC(=O)C1=C(C)N=c2s/c(=C\c3cc(C)n(-c4ccc(C)cc4)c3C)c(=O)n2[C@@H]1c1cc(OC)c(OC)cc1Br. The van der Waals surface area contributed by atoms with Crippen molar-refractivity contribution in [2.45, 2.75) is 40.7 Å². The van der Waals surface area contributed by atoms with Gasteiger partial charge in [0.25, 0.3) is 5.56 Å². The van der Waals surface area contributed by atoms with Crippen molar-refractivity contribution in [1.29, 1.82) is 0 Å². The van der Waals surface area contributed by atoms with Gasteiger partial charge in [0.15, 0.2) is 16.3 Å². The highest BCUT2D eigenvalue weighted by atomic mass is 79.9. The number of aromatic nitrogens is 2. The van der Waals surface area contributed by atoms with Crippen LogP contribution in [0.3, 0.4) is 0 Å². The van der Waals surface area contributed by atoms with Gasteiger partial charge in [-0.3, -0.25) is 9.36 Å². The number of thiazole rings is 1. The summed E-state index contributed by atoms with van der Waals surface area (Å²) in [4.78, 5) is 32.7. The molecule has 0 N–H and O–H groups in total. The van der Waals surface area contributed by atoms with Gasteiger partial charge >= 0.3 is 5.97 Å². The van der Waals surface area contributed by atoms with Crippen molar-refractivity contribution in [1.82, 2.24) is 9.13 Å². The summed E-state index contributed by atoms with van der Waals surface area (Å²) in [5.41, 5.74) is 6.44. The number of hydrogen-bond acceptors (Lipinski definition) is 7. The molecule has 0 saturated carbocycles. The van der Waals surface area contributed by atoms with Crippen LogP contribution in [0.2, 0.25) is 0 Å². The zero-order valence-corrected chi connectivity index (χ0v) is 27.0. The highest BCUT2D eigenvalue weighted by Crippen LogP contribution is 2.40. The Hall–Kier alpha value is -3.89. The Bertz CT molecular complexity index is 1910. The van der Waals surface area contributed by atoms with Crippen LogP contribution in [0, 0.1) is 20.8 Å². The van der Waals surface area contributed by atoms with Crippen molar-refractivity contribution in [2.75, 3.05) is 20.8 Å². The summed E-state index contributed by atoms with van der Waals surface area (Å²) in [6.45, 7) is 9.86. The van der Waals surface area contributed by atoms with E-state index in [-0.39, 0.29) is 12.2 Å². The van der Waals surface area contributed by atoms with Gasteiger partial charge in [0, 0.05) is 21.5 Å². The molecular weight excluding hydrogens is 618 g/mol. The van der Waals surface area contributed by atoms with Gasteiger partial charge < -0.3 is 18.8 Å². The van der Waals surface area contributed by atoms with Gasteiger partial charge in [-0.05, 0) is 82.2 Å². The lowest BCUT2D eigenvalue weighted by molar-refractivity contribution is -0.139. The molecule has 8 nitrogen and oxygen atoms in total. The third kappa shape index (κ3) is 5.13. The molecule has 42 heavy (non-hydrogen) atoms. The highest BCUT2D eigenvalue weighted by Gasteiger charge is 2.35. The van der Waals surface area contributed by atoms with Gasteiger partial charge in [-0.1, -0.05) is 45.0 Å². The summed E-state index contributed by atoms with van der Waals surface area (Å²) in [6, 6.07) is 13.2. The topological polar surface area (TPSA) is 84.1 Å². The maximum Gasteiger partial charge on any atom is 0.338 e. The van der Waals surface area contributed by atoms with E-state index in [0.29, 0.717) is 42.1 Å². The molecule has 2 aromatic carbocycles. The minimum atomic E-state index is -0.795. The smallest absolute Gasteiger partial charge is 0.338 e. The third-order valence-electron chi connectivity index (χ3n) is 7.36. The Balaban J connectivity index is 1.73. The number of rotatable bonds is 7. The third-order valence-corrected chi connectivity index (χ3v) is 9.03. The van der Waals surface area contributed by atoms with Gasteiger partial charge in [-0.25, -0.2) is 9.79 Å². The fourth-order valence-electron chi connectivity index (χ4n) is 5.33. The van der Waals surface area contributed by atoms with E-state index < -0.39 is 12.0 Å². The van der Waals surface area contributed by atoms with Crippen molar-refractivity contribution in [3.63, 3.8) is 0 Å². The molecule has 1 aliphatic heterocycles. The first-order valence-electron chi connectivity index (χ1n) is 13.5. The van der Waals surface area contributed by atoms with Gasteiger partial charge in [0.05, 0.1) is 42.7 Å². The highest BCUT2D eigenvalue weighted by molar-refractivity contribution is 9.10. The summed E-state index contributed by atoms with van der Waals surface area (Å²) in [5, 5.41) is 0. The molecule has 0 amide bonds. The predicted octanol–water partition coefficient (Wildman–Crippen LogP) is 5.29. The van der Waals surface area contributed by atoms with E-state index >= 15 is 0 Å². The number of benzene rings is 2. The molecule has 218 valence electrons. The van der Waals surface area contributed by atoms with Crippen molar-refractivity contribution < 1.29 is 19.0 Å². The number of allylic oxidation sites excluding steroid dienone is 1. The van der Waals surface area contributed by atoms with Crippen LogP contribution in [0.5, 0.6) is 11.5 Å². The minimum absolute atomic E-state index is 0.191. The first kappa shape index (κ1) is 29.6. The lowest BCUT2D eigenvalue weighted by Crippen LogP contribution is -2.40. The van der Waals surface area contributed by atoms with E-state index in [2.05, 4.69) is 64.7 Å². The van der Waals surface area contributed by atoms with Crippen molar-refractivity contribution in [3.8, 4) is 17.2 Å².